The average Bonchev–Trinajstić information content (AvgIpc) is 2.41. The first kappa shape index (κ1) is 12.4. The second-order valence-electron chi connectivity index (χ2n) is 6.10. The summed E-state index contributed by atoms with van der Waals surface area (Å²) in [5.41, 5.74) is -0.468. The molecule has 1 aliphatic heterocycles. The van der Waals surface area contributed by atoms with Gasteiger partial charge in [-0.15, -0.1) is 0 Å². The Bertz CT molecular complexity index is 321. The Hall–Kier alpha value is -1.06. The third-order valence-corrected chi connectivity index (χ3v) is 3.68. The molecule has 96 valence electrons. The van der Waals surface area contributed by atoms with Gasteiger partial charge in [0.25, 0.3) is 0 Å². The third kappa shape index (κ3) is 2.45. The van der Waals surface area contributed by atoms with Crippen molar-refractivity contribution in [3.05, 3.63) is 0 Å². The summed E-state index contributed by atoms with van der Waals surface area (Å²) >= 11 is 0. The van der Waals surface area contributed by atoms with Gasteiger partial charge in [0, 0.05) is 18.5 Å². The summed E-state index contributed by atoms with van der Waals surface area (Å²) in [6, 6.07) is 0.0705. The normalized spacial score (nSPS) is 32.4. The molecule has 2 aliphatic rings. The predicted molar refractivity (Wildman–Crippen MR) is 63.6 cm³/mol. The minimum Gasteiger partial charge on any atom is -0.444 e. The Balaban J connectivity index is 2.08. The number of carbonyl (C=O) groups is 2. The Morgan fingerprint density at radius 2 is 2.06 bits per heavy atom. The highest BCUT2D eigenvalue weighted by atomic mass is 16.6. The van der Waals surface area contributed by atoms with E-state index in [1.165, 1.54) is 0 Å². The predicted octanol–water partition coefficient (Wildman–Crippen LogP) is 2.22. The number of rotatable bonds is 1. The minimum absolute atomic E-state index is 0.0243. The summed E-state index contributed by atoms with van der Waals surface area (Å²) in [6.45, 7) is 6.28. The van der Waals surface area contributed by atoms with Gasteiger partial charge in [-0.25, -0.2) is 4.79 Å². The third-order valence-electron chi connectivity index (χ3n) is 3.68. The van der Waals surface area contributed by atoms with E-state index in [2.05, 4.69) is 0 Å². The van der Waals surface area contributed by atoms with Crippen LogP contribution in [0.5, 0.6) is 0 Å². The first-order valence-corrected chi connectivity index (χ1v) is 6.37. The molecule has 17 heavy (non-hydrogen) atoms. The van der Waals surface area contributed by atoms with E-state index in [9.17, 15) is 9.59 Å². The Morgan fingerprint density at radius 1 is 1.35 bits per heavy atom. The smallest absolute Gasteiger partial charge is 0.410 e. The lowest BCUT2D eigenvalue weighted by atomic mass is 9.81. The molecular weight excluding hydrogens is 218 g/mol. The van der Waals surface area contributed by atoms with E-state index in [4.69, 9.17) is 4.74 Å². The fourth-order valence-corrected chi connectivity index (χ4v) is 2.99. The molecule has 1 aliphatic carbocycles. The van der Waals surface area contributed by atoms with Crippen LogP contribution in [-0.2, 0) is 9.53 Å². The van der Waals surface area contributed by atoms with E-state index < -0.39 is 5.60 Å². The number of hydrogen-bond acceptors (Lipinski definition) is 3. The molecular formula is C13H21NO3. The highest BCUT2D eigenvalue weighted by Crippen LogP contribution is 2.39. The summed E-state index contributed by atoms with van der Waals surface area (Å²) in [4.78, 5) is 24.9. The first-order valence-electron chi connectivity index (χ1n) is 6.37. The van der Waals surface area contributed by atoms with Crippen molar-refractivity contribution in [2.24, 2.45) is 11.8 Å². The summed E-state index contributed by atoms with van der Waals surface area (Å²) in [6.07, 6.45) is 3.86. The Kier molecular flexibility index (Phi) is 3.15. The molecule has 0 unspecified atom stereocenters. The molecule has 1 amide bonds. The molecule has 1 saturated carbocycles. The molecule has 0 N–H and O–H groups in total. The largest absolute Gasteiger partial charge is 0.444 e. The second kappa shape index (κ2) is 4.31. The van der Waals surface area contributed by atoms with Gasteiger partial charge in [0.1, 0.15) is 11.9 Å². The summed E-state index contributed by atoms with van der Waals surface area (Å²) < 4.78 is 5.39. The number of aldehydes is 1. The van der Waals surface area contributed by atoms with Crippen LogP contribution in [0, 0.1) is 11.8 Å². The van der Waals surface area contributed by atoms with E-state index in [1.807, 2.05) is 20.8 Å². The molecule has 4 heteroatoms. The summed E-state index contributed by atoms with van der Waals surface area (Å²) in [7, 11) is 0. The number of likely N-dealkylation sites (tertiary alicyclic amines) is 1. The van der Waals surface area contributed by atoms with Crippen molar-refractivity contribution < 1.29 is 14.3 Å². The number of nitrogens with zero attached hydrogens (tertiary/aromatic N) is 1. The molecule has 3 atom stereocenters. The quantitative estimate of drug-likeness (QED) is 0.659. The number of fused-ring (bicyclic) bond motifs is 2. The maximum absolute atomic E-state index is 12.1. The molecule has 2 rings (SSSR count). The number of amides is 1. The van der Waals surface area contributed by atoms with Gasteiger partial charge < -0.3 is 14.4 Å². The number of ether oxygens (including phenoxy) is 1. The van der Waals surface area contributed by atoms with Crippen LogP contribution in [0.1, 0.15) is 40.0 Å². The van der Waals surface area contributed by atoms with Gasteiger partial charge in [-0.3, -0.25) is 0 Å². The maximum atomic E-state index is 12.1. The maximum Gasteiger partial charge on any atom is 0.410 e. The minimum atomic E-state index is -0.468. The second-order valence-corrected chi connectivity index (χ2v) is 6.10. The van der Waals surface area contributed by atoms with Gasteiger partial charge in [-0.05, 0) is 39.5 Å². The van der Waals surface area contributed by atoms with Gasteiger partial charge in [-0.2, -0.15) is 0 Å². The van der Waals surface area contributed by atoms with E-state index in [1.54, 1.807) is 4.90 Å². The van der Waals surface area contributed by atoms with Crippen molar-refractivity contribution in [2.75, 3.05) is 6.54 Å². The van der Waals surface area contributed by atoms with Gasteiger partial charge in [0.2, 0.25) is 0 Å². The van der Waals surface area contributed by atoms with Crippen molar-refractivity contribution in [1.82, 2.24) is 4.90 Å². The SMILES string of the molecule is CC(C)(C)OC(=O)N1C[C@H]2CCC[C@H]1[C@@H]2C=O. The Labute approximate surface area is 102 Å². The van der Waals surface area contributed by atoms with Crippen molar-refractivity contribution in [2.45, 2.75) is 51.7 Å². The van der Waals surface area contributed by atoms with Crippen LogP contribution in [0.25, 0.3) is 0 Å². The van der Waals surface area contributed by atoms with E-state index in [0.29, 0.717) is 12.5 Å². The van der Waals surface area contributed by atoms with Crippen LogP contribution in [0.3, 0.4) is 0 Å². The molecule has 0 spiro atoms. The standard InChI is InChI=1S/C13H21NO3/c1-13(2,3)17-12(16)14-7-9-5-4-6-11(14)10(9)8-15/h8-11H,4-7H2,1-3H3/t9-,10-,11+/m1/s1. The zero-order chi connectivity index (χ0) is 12.6. The van der Waals surface area contributed by atoms with E-state index in [0.717, 1.165) is 25.5 Å². The number of hydrogen-bond donors (Lipinski definition) is 0. The molecule has 2 fully saturated rings. The monoisotopic (exact) mass is 239 g/mol. The van der Waals surface area contributed by atoms with Crippen LogP contribution in [0.4, 0.5) is 4.79 Å². The van der Waals surface area contributed by atoms with Gasteiger partial charge in [-0.1, -0.05) is 6.42 Å². The highest BCUT2D eigenvalue weighted by molar-refractivity contribution is 5.71. The molecule has 1 heterocycles. The average molecular weight is 239 g/mol. The van der Waals surface area contributed by atoms with E-state index >= 15 is 0 Å². The highest BCUT2D eigenvalue weighted by Gasteiger charge is 2.46. The van der Waals surface area contributed by atoms with Crippen molar-refractivity contribution in [3.63, 3.8) is 0 Å². The van der Waals surface area contributed by atoms with Crippen LogP contribution in [0.2, 0.25) is 0 Å². The van der Waals surface area contributed by atoms with Crippen molar-refractivity contribution >= 4 is 12.4 Å². The van der Waals surface area contributed by atoms with Crippen LogP contribution < -0.4 is 0 Å². The molecule has 0 aromatic heterocycles. The lowest BCUT2D eigenvalue weighted by Crippen LogP contribution is -2.41. The van der Waals surface area contributed by atoms with Crippen LogP contribution >= 0.6 is 0 Å². The van der Waals surface area contributed by atoms with Crippen LogP contribution in [0.15, 0.2) is 0 Å². The van der Waals surface area contributed by atoms with Gasteiger partial charge in [0.15, 0.2) is 0 Å². The molecule has 4 nitrogen and oxygen atoms in total. The van der Waals surface area contributed by atoms with Gasteiger partial charge in [0.05, 0.1) is 0 Å². The van der Waals surface area contributed by atoms with Crippen molar-refractivity contribution in [3.8, 4) is 0 Å². The molecule has 0 aromatic carbocycles. The van der Waals surface area contributed by atoms with Crippen molar-refractivity contribution in [1.29, 1.82) is 0 Å². The molecule has 0 radical (unpaired) electrons. The molecule has 0 aromatic rings. The first-order chi connectivity index (χ1) is 7.92. The zero-order valence-electron chi connectivity index (χ0n) is 10.8. The zero-order valence-corrected chi connectivity index (χ0v) is 10.8. The number of carbonyl (C=O) groups excluding carboxylic acids is 2. The van der Waals surface area contributed by atoms with Gasteiger partial charge >= 0.3 is 6.09 Å². The fourth-order valence-electron chi connectivity index (χ4n) is 2.99. The Morgan fingerprint density at radius 3 is 2.59 bits per heavy atom. The lowest BCUT2D eigenvalue weighted by Gasteiger charge is -2.30. The van der Waals surface area contributed by atoms with E-state index in [-0.39, 0.29) is 18.1 Å². The molecule has 1 saturated heterocycles. The summed E-state index contributed by atoms with van der Waals surface area (Å²) in [5.74, 6) is 0.370. The topological polar surface area (TPSA) is 46.6 Å². The lowest BCUT2D eigenvalue weighted by molar-refractivity contribution is -0.113. The molecule has 2 bridgehead atoms. The fraction of sp³-hybridized carbons (Fsp3) is 0.846. The summed E-state index contributed by atoms with van der Waals surface area (Å²) in [5, 5.41) is 0. The van der Waals surface area contributed by atoms with Crippen LogP contribution in [-0.4, -0.2) is 35.5 Å².